The van der Waals surface area contributed by atoms with Crippen LogP contribution in [0.15, 0.2) is 274 Å². The number of para-hydroxylation sites is 4. The van der Waals surface area contributed by atoms with Gasteiger partial charge in [0.1, 0.15) is 0 Å². The van der Waals surface area contributed by atoms with Crippen LogP contribution in [0.25, 0.3) is 66.5 Å². The zero-order valence-corrected chi connectivity index (χ0v) is 104. The first-order chi connectivity index (χ1) is 68.0. The molecule has 1 fully saturated rings. The fraction of sp³-hybridized carbons (Fsp3) is 0.366. The van der Waals surface area contributed by atoms with Crippen LogP contribution in [0.5, 0.6) is 0 Å². The van der Waals surface area contributed by atoms with Crippen LogP contribution in [-0.4, -0.2) is 116 Å². The van der Waals surface area contributed by atoms with Gasteiger partial charge >= 0.3 is 148 Å². The van der Waals surface area contributed by atoms with Gasteiger partial charge in [-0.15, -0.1) is 69.7 Å². The van der Waals surface area contributed by atoms with Gasteiger partial charge in [0, 0.05) is 119 Å². The number of aromatic nitrogens is 5. The Labute approximate surface area is 1020 Å². The van der Waals surface area contributed by atoms with E-state index in [0.717, 1.165) is 167 Å². The molecule has 5 aromatic heterocycles. The van der Waals surface area contributed by atoms with Crippen LogP contribution in [0.1, 0.15) is 224 Å². The van der Waals surface area contributed by atoms with Crippen LogP contribution in [0, 0.1) is 0 Å². The summed E-state index contributed by atoms with van der Waals surface area (Å²) in [4.78, 5) is 77.8. The average molecular weight is 2200 g/mol. The number of carboxylic acids is 5. The number of hydrogen-bond donors (Lipinski definition) is 0. The topological polar surface area (TPSA) is 265 Å². The molecular formula is C112H126N5Na5O10S12. The molecule has 6 atom stereocenters. The molecule has 0 saturated carbocycles. The Morgan fingerprint density at radius 3 is 1.28 bits per heavy atom. The van der Waals surface area contributed by atoms with Crippen molar-refractivity contribution in [2.24, 2.45) is 0 Å². The number of carboxylic acid groups (broad SMARTS) is 5. The van der Waals surface area contributed by atoms with Gasteiger partial charge in [-0.25, -0.2) is 9.97 Å². The fourth-order valence-corrected chi connectivity index (χ4v) is 29.6. The van der Waals surface area contributed by atoms with Gasteiger partial charge in [0.2, 0.25) is 0 Å². The SMILES string of the molecule is C=S.CCCC(CCCCC(=O)[O-])SCC.O=C([O-])CCCCC(CCSCc1ccc(/C=C/c2ccccc2)cc1)SCc1ccc(/C=C/c2ccccc2)cc1.O=C([O-])CCCCC(CCSc1ccnc2ccccc12)Sc1ccnc2ccccc12.O=C([O-])CCCCC(CCSc1nc2ccccc2s1)Sc1nc2ccccc2s1.O=C([O-])CCCCC1CCSC(c2ccncc2)S1.[Na+].[Na+].[Na+].[Na+].[Na+]. The minimum Gasteiger partial charge on any atom is -0.550 e. The molecule has 0 amide bonds. The summed E-state index contributed by atoms with van der Waals surface area (Å²) in [5, 5.41) is 58.0. The van der Waals surface area contributed by atoms with Crippen molar-refractivity contribution in [3.05, 3.63) is 294 Å². The summed E-state index contributed by atoms with van der Waals surface area (Å²) >= 11 is 24.7. The van der Waals surface area contributed by atoms with Gasteiger partial charge in [-0.2, -0.15) is 35.3 Å². The molecule has 1 aliphatic rings. The molecule has 0 spiro atoms. The molecule has 736 valence electrons. The van der Waals surface area contributed by atoms with E-state index in [0.29, 0.717) is 44.8 Å². The first-order valence-corrected chi connectivity index (χ1v) is 59.0. The maximum Gasteiger partial charge on any atom is 1.00 e. The average Bonchev–Trinajstić information content (AvgIpc) is 1.51. The summed E-state index contributed by atoms with van der Waals surface area (Å²) in [5.41, 5.74) is 13.0. The molecule has 0 radical (unpaired) electrons. The number of carbonyl (C=O) groups excluding carboxylic acids is 5. The van der Waals surface area contributed by atoms with Gasteiger partial charge in [-0.1, -0.05) is 282 Å². The van der Waals surface area contributed by atoms with Crippen molar-refractivity contribution in [2.75, 3.05) is 28.8 Å². The normalized spacial score (nSPS) is 13.2. The molecule has 15 nitrogen and oxygen atoms in total. The second-order valence-electron chi connectivity index (χ2n) is 33.0. The second-order valence-corrected chi connectivity index (χ2v) is 47.4. The van der Waals surface area contributed by atoms with Gasteiger partial charge in [-0.05, 0) is 257 Å². The molecule has 0 N–H and O–H groups in total. The van der Waals surface area contributed by atoms with E-state index in [1.165, 1.54) is 93.9 Å². The molecule has 6 heterocycles. The minimum absolute atomic E-state index is 0. The van der Waals surface area contributed by atoms with Crippen molar-refractivity contribution in [3.63, 3.8) is 0 Å². The number of rotatable bonds is 54. The number of thioether (sulfide) groups is 9. The Kier molecular flexibility index (Phi) is 75.0. The van der Waals surface area contributed by atoms with E-state index in [4.69, 9.17) is 9.97 Å². The fourth-order valence-electron chi connectivity index (χ4n) is 15.1. The van der Waals surface area contributed by atoms with E-state index >= 15 is 0 Å². The van der Waals surface area contributed by atoms with E-state index in [9.17, 15) is 49.5 Å². The van der Waals surface area contributed by atoms with Crippen molar-refractivity contribution in [1.29, 1.82) is 0 Å². The van der Waals surface area contributed by atoms with E-state index in [1.54, 1.807) is 22.7 Å². The van der Waals surface area contributed by atoms with E-state index in [2.05, 4.69) is 229 Å². The number of hydrogen-bond acceptors (Lipinski definition) is 27. The third kappa shape index (κ3) is 55.4. The summed E-state index contributed by atoms with van der Waals surface area (Å²) in [6.45, 7) is 4.37. The number of thiocarbonyl (C=S) groups is 1. The first kappa shape index (κ1) is 133. The van der Waals surface area contributed by atoms with Crippen molar-refractivity contribution in [2.45, 2.75) is 242 Å². The van der Waals surface area contributed by atoms with Crippen LogP contribution in [0.3, 0.4) is 0 Å². The van der Waals surface area contributed by atoms with Gasteiger partial charge in [0.15, 0.2) is 8.68 Å². The monoisotopic (exact) mass is 2200 g/mol. The molecule has 0 aliphatic carbocycles. The third-order valence-corrected chi connectivity index (χ3v) is 36.5. The summed E-state index contributed by atoms with van der Waals surface area (Å²) < 4.78 is 5.13. The Morgan fingerprint density at radius 1 is 0.396 bits per heavy atom. The summed E-state index contributed by atoms with van der Waals surface area (Å²) in [7, 11) is 0. The zero-order valence-electron chi connectivity index (χ0n) is 84.3. The van der Waals surface area contributed by atoms with Crippen LogP contribution in [-0.2, 0) is 35.5 Å². The van der Waals surface area contributed by atoms with Gasteiger partial charge in [-0.3, -0.25) is 15.0 Å². The van der Waals surface area contributed by atoms with Crippen LogP contribution >= 0.6 is 141 Å². The molecular weight excluding hydrogens is 2080 g/mol. The predicted octanol–water partition coefficient (Wildman–Crippen LogP) is 11.3. The quantitative estimate of drug-likeness (QED) is 0.0113. The van der Waals surface area contributed by atoms with E-state index < -0.39 is 29.8 Å². The van der Waals surface area contributed by atoms with Gasteiger partial charge in [0.05, 0.1) is 36.0 Å². The number of pyridine rings is 3. The Balaban J connectivity index is 0.000000385. The maximum absolute atomic E-state index is 10.8. The Morgan fingerprint density at radius 2 is 0.799 bits per heavy atom. The number of thiazole rings is 2. The van der Waals surface area contributed by atoms with Crippen LogP contribution in [0.4, 0.5) is 0 Å². The summed E-state index contributed by atoms with van der Waals surface area (Å²) in [6.07, 6.45) is 37.3. The first-order valence-electron chi connectivity index (χ1n) is 47.9. The van der Waals surface area contributed by atoms with Crippen molar-refractivity contribution in [1.82, 2.24) is 24.9 Å². The maximum atomic E-state index is 10.8. The summed E-state index contributed by atoms with van der Waals surface area (Å²) in [6, 6.07) is 79.6. The Hall–Kier alpha value is -3.42. The van der Waals surface area contributed by atoms with Gasteiger partial charge < -0.3 is 49.5 Å². The smallest absolute Gasteiger partial charge is 0.550 e. The third-order valence-electron chi connectivity index (χ3n) is 22.3. The van der Waals surface area contributed by atoms with Crippen molar-refractivity contribution >= 4 is 243 Å². The zero-order chi connectivity index (χ0) is 98.5. The van der Waals surface area contributed by atoms with Crippen LogP contribution < -0.4 is 173 Å². The second kappa shape index (κ2) is 81.3. The number of nitrogens with zero attached hydrogens (tertiary/aromatic N) is 5. The molecule has 0 bridgehead atoms. The molecule has 13 aromatic rings. The molecule has 8 aromatic carbocycles. The number of unbranched alkanes of at least 4 members (excludes halogenated alkanes) is 5. The number of fused-ring (bicyclic) bond motifs is 4. The van der Waals surface area contributed by atoms with E-state index in [-0.39, 0.29) is 180 Å². The van der Waals surface area contributed by atoms with Gasteiger partial charge in [0.25, 0.3) is 0 Å². The molecule has 1 saturated heterocycles. The Bertz CT molecular complexity index is 5700. The molecule has 14 rings (SSSR count). The van der Waals surface area contributed by atoms with E-state index in [1.807, 2.05) is 203 Å². The van der Waals surface area contributed by atoms with Crippen molar-refractivity contribution in [3.8, 4) is 0 Å². The standard InChI is InChI=1S/C38H40O2S2.C26H26N2O2S2.C22H22N2O2S4.C14H19NO2S2.C11H22O2S.CH2S.5Na/c39-38(40)14-8-7-13-37(42-30-36-25-21-34(22-26-36)18-16-32-11-5-2-6-12-32)27-28-41-29-35-23-19-33(20-24-35)17-15-31-9-3-1-4-10-31;29-26(30)12-6-1-7-19(32-25-14-17-28-23-11-5-3-9-21(23)25)15-18-31-24-13-16-27-22-10-4-2-8-20(22)24;25-20(26)12-6-1-7-15(28-22-24-17-9-3-5-11-19(17)30-22)13-14-27-21-23-16-8-2-4-10-18(16)29-21;16-13(17)4-2-1-3-12-7-10-18-14(19-12)11-5-8-15-9-6-11;1-3-7-10(14-4-2)8-5-6-9-11(12)13;1-2;;;;;/h1-6,9-12,15-26,37H,7-8,13-14,27-30H2,(H,39,40);2-5,8-11,13-14,16-17,19H,1,6-7,12,15,18H2,(H,29,30);2-5,8-11,15H,1,6-7,12-14H2,(H,25,26);5-6,8-9,12,14H,1-4,7,10H2,(H,16,17);10H,3-9H2,1-2H3,(H,12,13);1H2;;;;;/q;;;;;;5*+1/p-5/b17-15+,18-16+;;;;;;;;;;. The predicted molar refractivity (Wildman–Crippen MR) is 597 cm³/mol. The molecule has 32 heteroatoms. The molecule has 144 heavy (non-hydrogen) atoms. The molecule has 1 aliphatic heterocycles. The number of benzene rings is 8. The van der Waals surface area contributed by atoms with Crippen molar-refractivity contribution < 1.29 is 197 Å². The summed E-state index contributed by atoms with van der Waals surface area (Å²) in [5.74, 6) is 5.51. The molecule has 6 unspecified atom stereocenters. The largest absolute Gasteiger partial charge is 1.00 e. The number of carbonyl (C=O) groups is 5. The van der Waals surface area contributed by atoms with Crippen LogP contribution in [0.2, 0.25) is 0 Å². The number of aliphatic carboxylic acids is 5. The minimum atomic E-state index is -0.963.